The molecule has 3 heteroatoms. The zero-order valence-corrected chi connectivity index (χ0v) is 10.7. The van der Waals surface area contributed by atoms with Gasteiger partial charge < -0.3 is 9.88 Å². The molecular formula is C14H22N2O. The lowest BCUT2D eigenvalue weighted by Crippen LogP contribution is -2.33. The Morgan fingerprint density at radius 3 is 2.65 bits per heavy atom. The van der Waals surface area contributed by atoms with Crippen LogP contribution in [0.3, 0.4) is 0 Å². The van der Waals surface area contributed by atoms with Crippen LogP contribution < -0.4 is 10.5 Å². The Labute approximate surface area is 103 Å². The SMILES string of the molecule is CCCCc1ccc(N2CCCCC2)c(=O)[nH]1. The summed E-state index contributed by atoms with van der Waals surface area (Å²) in [6.07, 6.45) is 6.98. The first-order chi connectivity index (χ1) is 8.31. The number of unbranched alkanes of at least 4 members (excludes halogenated alkanes) is 1. The molecule has 1 aromatic rings. The van der Waals surface area contributed by atoms with Crippen LogP contribution in [0.15, 0.2) is 16.9 Å². The fourth-order valence-electron chi connectivity index (χ4n) is 2.40. The van der Waals surface area contributed by atoms with E-state index in [0.29, 0.717) is 0 Å². The van der Waals surface area contributed by atoms with Crippen molar-refractivity contribution in [3.05, 3.63) is 28.2 Å². The third kappa shape index (κ3) is 3.11. The van der Waals surface area contributed by atoms with Crippen molar-refractivity contribution < 1.29 is 0 Å². The second-order valence-corrected chi connectivity index (χ2v) is 4.85. The molecule has 94 valence electrons. The van der Waals surface area contributed by atoms with Crippen LogP contribution >= 0.6 is 0 Å². The molecule has 0 unspecified atom stereocenters. The first kappa shape index (κ1) is 12.2. The van der Waals surface area contributed by atoms with E-state index < -0.39 is 0 Å². The summed E-state index contributed by atoms with van der Waals surface area (Å²) in [4.78, 5) is 17.2. The molecule has 1 aromatic heterocycles. The number of piperidine rings is 1. The van der Waals surface area contributed by atoms with Crippen LogP contribution in [0.1, 0.15) is 44.7 Å². The maximum atomic E-state index is 12.0. The second-order valence-electron chi connectivity index (χ2n) is 4.85. The molecule has 3 nitrogen and oxygen atoms in total. The van der Waals surface area contributed by atoms with E-state index in [4.69, 9.17) is 0 Å². The number of pyridine rings is 1. The minimum atomic E-state index is 0.0838. The molecule has 2 heterocycles. The highest BCUT2D eigenvalue weighted by Gasteiger charge is 2.13. The van der Waals surface area contributed by atoms with E-state index in [2.05, 4.69) is 22.9 Å². The summed E-state index contributed by atoms with van der Waals surface area (Å²) in [7, 11) is 0. The Kier molecular flexibility index (Phi) is 4.24. The van der Waals surface area contributed by atoms with Gasteiger partial charge in [0.1, 0.15) is 5.69 Å². The van der Waals surface area contributed by atoms with E-state index in [1.54, 1.807) is 0 Å². The summed E-state index contributed by atoms with van der Waals surface area (Å²) >= 11 is 0. The molecule has 2 rings (SSSR count). The standard InChI is InChI=1S/C14H22N2O/c1-2-3-7-12-8-9-13(14(17)15-12)16-10-5-4-6-11-16/h8-9H,2-7,10-11H2,1H3,(H,15,17). The van der Waals surface area contributed by atoms with Crippen LogP contribution in [0.25, 0.3) is 0 Å². The predicted molar refractivity (Wildman–Crippen MR) is 71.7 cm³/mol. The van der Waals surface area contributed by atoms with Crippen LogP contribution in [-0.2, 0) is 6.42 Å². The topological polar surface area (TPSA) is 36.1 Å². The zero-order valence-electron chi connectivity index (χ0n) is 10.7. The van der Waals surface area contributed by atoms with Crippen LogP contribution in [-0.4, -0.2) is 18.1 Å². The highest BCUT2D eigenvalue weighted by molar-refractivity contribution is 5.44. The van der Waals surface area contributed by atoms with Crippen molar-refractivity contribution in [2.45, 2.75) is 45.4 Å². The van der Waals surface area contributed by atoms with Gasteiger partial charge in [-0.05, 0) is 44.2 Å². The van der Waals surface area contributed by atoms with Gasteiger partial charge >= 0.3 is 0 Å². The lowest BCUT2D eigenvalue weighted by atomic mass is 10.1. The number of H-pyrrole nitrogens is 1. The highest BCUT2D eigenvalue weighted by atomic mass is 16.1. The van der Waals surface area contributed by atoms with E-state index in [1.165, 1.54) is 19.3 Å². The molecule has 0 aliphatic carbocycles. The van der Waals surface area contributed by atoms with Gasteiger partial charge in [0.15, 0.2) is 0 Å². The average molecular weight is 234 g/mol. The number of hydrogen-bond acceptors (Lipinski definition) is 2. The fourth-order valence-corrected chi connectivity index (χ4v) is 2.40. The van der Waals surface area contributed by atoms with Crippen molar-refractivity contribution in [3.63, 3.8) is 0 Å². The lowest BCUT2D eigenvalue weighted by Gasteiger charge is -2.27. The Hall–Kier alpha value is -1.25. The number of rotatable bonds is 4. The fraction of sp³-hybridized carbons (Fsp3) is 0.643. The summed E-state index contributed by atoms with van der Waals surface area (Å²) in [6, 6.07) is 4.07. The van der Waals surface area contributed by atoms with Crippen molar-refractivity contribution in [2.24, 2.45) is 0 Å². The number of aromatic nitrogens is 1. The highest BCUT2D eigenvalue weighted by Crippen LogP contribution is 2.16. The maximum absolute atomic E-state index is 12.0. The third-order valence-corrected chi connectivity index (χ3v) is 3.45. The minimum absolute atomic E-state index is 0.0838. The number of hydrogen-bond donors (Lipinski definition) is 1. The van der Waals surface area contributed by atoms with Crippen molar-refractivity contribution >= 4 is 5.69 Å². The van der Waals surface area contributed by atoms with Gasteiger partial charge in [0.05, 0.1) is 0 Å². The average Bonchev–Trinajstić information content (AvgIpc) is 2.37. The minimum Gasteiger partial charge on any atom is -0.367 e. The molecule has 0 radical (unpaired) electrons. The predicted octanol–water partition coefficient (Wildman–Crippen LogP) is 2.71. The molecule has 1 saturated heterocycles. The van der Waals surface area contributed by atoms with Crippen molar-refractivity contribution in [2.75, 3.05) is 18.0 Å². The molecule has 17 heavy (non-hydrogen) atoms. The smallest absolute Gasteiger partial charge is 0.271 e. The number of nitrogens with one attached hydrogen (secondary N) is 1. The number of nitrogens with zero attached hydrogens (tertiary/aromatic N) is 1. The van der Waals surface area contributed by atoms with Gasteiger partial charge in [-0.2, -0.15) is 0 Å². The Morgan fingerprint density at radius 2 is 2.00 bits per heavy atom. The molecule has 0 aromatic carbocycles. The van der Waals surface area contributed by atoms with Gasteiger partial charge in [-0.25, -0.2) is 0 Å². The molecule has 1 aliphatic rings. The van der Waals surface area contributed by atoms with Crippen LogP contribution in [0, 0.1) is 0 Å². The quantitative estimate of drug-likeness (QED) is 0.869. The van der Waals surface area contributed by atoms with Crippen molar-refractivity contribution in [3.8, 4) is 0 Å². The molecule has 0 bridgehead atoms. The third-order valence-electron chi connectivity index (χ3n) is 3.45. The number of aryl methyl sites for hydroxylation is 1. The summed E-state index contributed by atoms with van der Waals surface area (Å²) in [6.45, 7) is 4.22. The van der Waals surface area contributed by atoms with Crippen molar-refractivity contribution in [1.29, 1.82) is 0 Å². The molecule has 0 amide bonds. The van der Waals surface area contributed by atoms with Crippen LogP contribution in [0.4, 0.5) is 5.69 Å². The Bertz CT molecular complexity index is 405. The molecular weight excluding hydrogens is 212 g/mol. The Balaban J connectivity index is 2.10. The van der Waals surface area contributed by atoms with E-state index in [9.17, 15) is 4.79 Å². The molecule has 1 fully saturated rings. The molecule has 0 spiro atoms. The normalized spacial score (nSPS) is 16.2. The second kappa shape index (κ2) is 5.89. The monoisotopic (exact) mass is 234 g/mol. The van der Waals surface area contributed by atoms with E-state index in [-0.39, 0.29) is 5.56 Å². The van der Waals surface area contributed by atoms with Gasteiger partial charge in [0.25, 0.3) is 5.56 Å². The van der Waals surface area contributed by atoms with Gasteiger partial charge in [0.2, 0.25) is 0 Å². The van der Waals surface area contributed by atoms with Gasteiger partial charge in [-0.3, -0.25) is 4.79 Å². The van der Waals surface area contributed by atoms with E-state index in [0.717, 1.165) is 43.7 Å². The molecule has 1 aliphatic heterocycles. The summed E-state index contributed by atoms with van der Waals surface area (Å²) in [5.41, 5.74) is 2.00. The first-order valence-electron chi connectivity index (χ1n) is 6.78. The maximum Gasteiger partial charge on any atom is 0.271 e. The first-order valence-corrected chi connectivity index (χ1v) is 6.78. The zero-order chi connectivity index (χ0) is 12.1. The van der Waals surface area contributed by atoms with Gasteiger partial charge in [-0.15, -0.1) is 0 Å². The van der Waals surface area contributed by atoms with Crippen LogP contribution in [0.2, 0.25) is 0 Å². The number of anilines is 1. The van der Waals surface area contributed by atoms with Gasteiger partial charge in [0, 0.05) is 18.8 Å². The van der Waals surface area contributed by atoms with E-state index in [1.807, 2.05) is 6.07 Å². The van der Waals surface area contributed by atoms with E-state index >= 15 is 0 Å². The molecule has 1 N–H and O–H groups in total. The lowest BCUT2D eigenvalue weighted by molar-refractivity contribution is 0.576. The number of aromatic amines is 1. The van der Waals surface area contributed by atoms with Crippen molar-refractivity contribution in [1.82, 2.24) is 4.98 Å². The summed E-state index contributed by atoms with van der Waals surface area (Å²) < 4.78 is 0. The van der Waals surface area contributed by atoms with Gasteiger partial charge in [-0.1, -0.05) is 13.3 Å². The van der Waals surface area contributed by atoms with Crippen LogP contribution in [0.5, 0.6) is 0 Å². The molecule has 0 atom stereocenters. The largest absolute Gasteiger partial charge is 0.367 e. The Morgan fingerprint density at radius 1 is 1.24 bits per heavy atom. The summed E-state index contributed by atoms with van der Waals surface area (Å²) in [5, 5.41) is 0. The summed E-state index contributed by atoms with van der Waals surface area (Å²) in [5.74, 6) is 0. The molecule has 0 saturated carbocycles.